The van der Waals surface area contributed by atoms with Crippen LogP contribution in [0.1, 0.15) is 104 Å². The molecule has 8 rings (SSSR count). The highest BCUT2D eigenvalue weighted by Crippen LogP contribution is 2.35. The van der Waals surface area contributed by atoms with E-state index in [4.69, 9.17) is 13.8 Å². The van der Waals surface area contributed by atoms with Crippen LogP contribution < -0.4 is 10.6 Å². The summed E-state index contributed by atoms with van der Waals surface area (Å²) >= 11 is 0. The third-order valence-corrected chi connectivity index (χ3v) is 10.4. The summed E-state index contributed by atoms with van der Waals surface area (Å²) in [6.07, 6.45) is 8.11. The minimum Gasteiger partial charge on any atom is -0.469 e. The Morgan fingerprint density at radius 3 is 2.17 bits per heavy atom. The molecule has 0 aliphatic heterocycles. The van der Waals surface area contributed by atoms with Crippen molar-refractivity contribution in [2.75, 3.05) is 6.54 Å². The zero-order valence-corrected chi connectivity index (χ0v) is 31.1. The summed E-state index contributed by atoms with van der Waals surface area (Å²) in [6.45, 7) is 10.5. The van der Waals surface area contributed by atoms with Gasteiger partial charge in [0, 0.05) is 47.7 Å². The molecule has 1 aliphatic rings. The Morgan fingerprint density at radius 2 is 1.48 bits per heavy atom. The first-order valence-corrected chi connectivity index (χ1v) is 18.4. The predicted molar refractivity (Wildman–Crippen MR) is 201 cm³/mol. The molecule has 1 aliphatic carbocycles. The number of rotatable bonds is 10. The van der Waals surface area contributed by atoms with Gasteiger partial charge in [-0.05, 0) is 115 Å². The Bertz CT molecular complexity index is 2480. The summed E-state index contributed by atoms with van der Waals surface area (Å²) in [4.78, 5) is 49.7. The molecular formula is C41H43N9O4. The van der Waals surface area contributed by atoms with Gasteiger partial charge in [0.15, 0.2) is 22.7 Å². The molecule has 1 fully saturated rings. The number of hydrogen-bond acceptors (Lipinski definition) is 9. The van der Waals surface area contributed by atoms with Crippen LogP contribution >= 0.6 is 0 Å². The van der Waals surface area contributed by atoms with Gasteiger partial charge in [-0.25, -0.2) is 19.9 Å². The lowest BCUT2D eigenvalue weighted by Crippen LogP contribution is -2.31. The smallest absolute Gasteiger partial charge is 0.274 e. The fourth-order valence-electron chi connectivity index (χ4n) is 7.76. The lowest BCUT2D eigenvalue weighted by molar-refractivity contribution is 0.0934. The number of nitrogens with zero attached hydrogens (tertiary/aromatic N) is 7. The maximum absolute atomic E-state index is 13.4. The summed E-state index contributed by atoms with van der Waals surface area (Å²) in [7, 11) is 0. The van der Waals surface area contributed by atoms with E-state index in [0.717, 1.165) is 65.5 Å². The zero-order chi connectivity index (χ0) is 37.5. The summed E-state index contributed by atoms with van der Waals surface area (Å²) < 4.78 is 15.7. The maximum Gasteiger partial charge on any atom is 0.274 e. The average Bonchev–Trinajstić information content (AvgIpc) is 3.98. The van der Waals surface area contributed by atoms with E-state index >= 15 is 0 Å². The molecule has 54 heavy (non-hydrogen) atoms. The topological polar surface area (TPSA) is 158 Å². The van der Waals surface area contributed by atoms with E-state index < -0.39 is 0 Å². The lowest BCUT2D eigenvalue weighted by Gasteiger charge is -2.27. The Kier molecular flexibility index (Phi) is 9.30. The Hall–Kier alpha value is -6.11. The number of carbonyl (C=O) groups is 2. The molecule has 0 radical (unpaired) electrons. The molecule has 7 aromatic heterocycles. The molecular weight excluding hydrogens is 683 g/mol. The minimum atomic E-state index is -0.305. The van der Waals surface area contributed by atoms with Crippen LogP contribution in [0.2, 0.25) is 0 Å². The molecule has 276 valence electrons. The standard InChI is InChI=1S/C41H43N9O4/c1-23-17-24(2)49-26(4)46-36(38(49)45-23)41(52)44-22-31-13-12-30(21-42-31)35-15-14-33(54-35)19-32-18-25(3)50-27(5)47-37(39(50)48-32)40(51)43-20-28-8-10-29(11-9-28)34-7-6-16-53-34/h6-7,12-18,21,28-29H,8-11,19-20,22H2,1-5H3,(H,43,51)(H,44,52). The minimum absolute atomic E-state index is 0.207. The largest absolute Gasteiger partial charge is 0.469 e. The number of fused-ring (bicyclic) bond motifs is 2. The van der Waals surface area contributed by atoms with Gasteiger partial charge in [-0.1, -0.05) is 0 Å². The first-order valence-electron chi connectivity index (χ1n) is 18.4. The van der Waals surface area contributed by atoms with Gasteiger partial charge in [-0.3, -0.25) is 23.4 Å². The molecule has 0 bridgehead atoms. The number of imidazole rings is 2. The Labute approximate surface area is 312 Å². The Balaban J connectivity index is 0.899. The molecule has 13 heteroatoms. The first kappa shape index (κ1) is 34.9. The fourth-order valence-corrected chi connectivity index (χ4v) is 7.76. The average molecular weight is 726 g/mol. The summed E-state index contributed by atoms with van der Waals surface area (Å²) in [6, 6.07) is 15.6. The van der Waals surface area contributed by atoms with E-state index in [2.05, 4.69) is 36.6 Å². The number of nitrogens with one attached hydrogen (secondary N) is 2. The lowest BCUT2D eigenvalue weighted by atomic mass is 9.81. The Morgan fingerprint density at radius 1 is 0.778 bits per heavy atom. The molecule has 2 N–H and O–H groups in total. The number of hydrogen-bond donors (Lipinski definition) is 2. The number of amides is 2. The van der Waals surface area contributed by atoms with Crippen LogP contribution in [0.5, 0.6) is 0 Å². The van der Waals surface area contributed by atoms with Crippen molar-refractivity contribution in [1.29, 1.82) is 0 Å². The van der Waals surface area contributed by atoms with Crippen molar-refractivity contribution < 1.29 is 18.4 Å². The highest BCUT2D eigenvalue weighted by molar-refractivity contribution is 5.98. The van der Waals surface area contributed by atoms with Crippen molar-refractivity contribution in [3.8, 4) is 11.3 Å². The van der Waals surface area contributed by atoms with Gasteiger partial charge >= 0.3 is 0 Å². The molecule has 0 atom stereocenters. The molecule has 1 saturated carbocycles. The second-order valence-corrected chi connectivity index (χ2v) is 14.4. The maximum atomic E-state index is 13.4. The van der Waals surface area contributed by atoms with Crippen LogP contribution in [0.25, 0.3) is 22.6 Å². The quantitative estimate of drug-likeness (QED) is 0.155. The van der Waals surface area contributed by atoms with E-state index in [-0.39, 0.29) is 18.4 Å². The third kappa shape index (κ3) is 6.89. The summed E-state index contributed by atoms with van der Waals surface area (Å²) in [5.41, 5.74) is 6.72. The van der Waals surface area contributed by atoms with Gasteiger partial charge in [-0.2, -0.15) is 0 Å². The monoisotopic (exact) mass is 725 g/mol. The van der Waals surface area contributed by atoms with E-state index in [0.29, 0.717) is 70.6 Å². The zero-order valence-electron chi connectivity index (χ0n) is 31.1. The summed E-state index contributed by atoms with van der Waals surface area (Å²) in [5.74, 6) is 4.25. The highest BCUT2D eigenvalue weighted by atomic mass is 16.3. The van der Waals surface area contributed by atoms with Gasteiger partial charge in [0.1, 0.15) is 28.9 Å². The van der Waals surface area contributed by atoms with Crippen LogP contribution in [0.4, 0.5) is 0 Å². The molecule has 13 nitrogen and oxygen atoms in total. The van der Waals surface area contributed by atoms with Crippen LogP contribution in [0, 0.1) is 40.5 Å². The third-order valence-electron chi connectivity index (χ3n) is 10.4. The van der Waals surface area contributed by atoms with E-state index in [9.17, 15) is 9.59 Å². The predicted octanol–water partition coefficient (Wildman–Crippen LogP) is 6.79. The number of aromatic nitrogens is 7. The van der Waals surface area contributed by atoms with E-state index in [1.54, 1.807) is 12.5 Å². The molecule has 0 unspecified atom stereocenters. The van der Waals surface area contributed by atoms with Crippen molar-refractivity contribution in [3.63, 3.8) is 0 Å². The summed E-state index contributed by atoms with van der Waals surface area (Å²) in [5, 5.41) is 6.07. The van der Waals surface area contributed by atoms with Crippen LogP contribution in [-0.2, 0) is 13.0 Å². The van der Waals surface area contributed by atoms with Crippen molar-refractivity contribution >= 4 is 23.1 Å². The molecule has 0 aromatic carbocycles. The van der Waals surface area contributed by atoms with Crippen molar-refractivity contribution in [2.24, 2.45) is 5.92 Å². The molecule has 7 heterocycles. The van der Waals surface area contributed by atoms with Crippen molar-refractivity contribution in [1.82, 2.24) is 44.4 Å². The number of carbonyl (C=O) groups excluding carboxylic acids is 2. The molecule has 2 amide bonds. The first-order chi connectivity index (χ1) is 26.1. The van der Waals surface area contributed by atoms with E-state index in [1.165, 1.54) is 0 Å². The second-order valence-electron chi connectivity index (χ2n) is 14.4. The molecule has 0 spiro atoms. The normalized spacial score (nSPS) is 15.9. The van der Waals surface area contributed by atoms with Gasteiger partial charge in [0.2, 0.25) is 0 Å². The van der Waals surface area contributed by atoms with E-state index in [1.807, 2.05) is 85.9 Å². The SMILES string of the molecule is Cc1cc(C)n2c(C)nc(C(=O)NCc3ccc(-c4ccc(Cc5cc(C)n6c(C)nc(C(=O)NCC7CCC(c8ccco8)CC7)c6n5)o4)cn3)c2n1. The number of pyridine rings is 1. The highest BCUT2D eigenvalue weighted by Gasteiger charge is 2.26. The molecule has 7 aromatic rings. The van der Waals surface area contributed by atoms with Gasteiger partial charge in [-0.15, -0.1) is 0 Å². The number of aryl methyl sites for hydroxylation is 5. The van der Waals surface area contributed by atoms with Crippen LogP contribution in [0.3, 0.4) is 0 Å². The van der Waals surface area contributed by atoms with Gasteiger partial charge < -0.3 is 19.5 Å². The van der Waals surface area contributed by atoms with Crippen molar-refractivity contribution in [3.05, 3.63) is 124 Å². The second kappa shape index (κ2) is 14.4. The molecule has 0 saturated heterocycles. The van der Waals surface area contributed by atoms with Crippen LogP contribution in [0.15, 0.2) is 69.8 Å². The van der Waals surface area contributed by atoms with Gasteiger partial charge in [0.05, 0.1) is 24.2 Å². The van der Waals surface area contributed by atoms with Gasteiger partial charge in [0.25, 0.3) is 11.8 Å². The van der Waals surface area contributed by atoms with Crippen molar-refractivity contribution in [2.45, 2.75) is 79.2 Å². The fraction of sp³-hybridized carbons (Fsp3) is 0.341. The van der Waals surface area contributed by atoms with Crippen LogP contribution in [-0.4, -0.2) is 52.1 Å². The number of furan rings is 2.